The maximum Gasteiger partial charge on any atom is 0.150 e. The molecule has 5 nitrogen and oxygen atoms in total. The van der Waals surface area contributed by atoms with Crippen molar-refractivity contribution in [1.29, 1.82) is 0 Å². The van der Waals surface area contributed by atoms with Crippen molar-refractivity contribution in [2.75, 3.05) is 45.0 Å². The molecule has 108 valence electrons. The van der Waals surface area contributed by atoms with Crippen molar-refractivity contribution in [2.24, 2.45) is 11.8 Å². The Kier molecular flexibility index (Phi) is 7.14. The van der Waals surface area contributed by atoms with Gasteiger partial charge in [0.25, 0.3) is 0 Å². The maximum absolute atomic E-state index is 11.4. The van der Waals surface area contributed by atoms with E-state index in [4.69, 9.17) is 9.47 Å². The minimum absolute atomic E-state index is 0.0433. The number of methoxy groups -OCH3 is 1. The molecule has 18 heavy (non-hydrogen) atoms. The average molecular weight is 280 g/mol. The standard InChI is InChI=1S/C12H24O5S/c1-16-5-2-6-17-7-3-11(9-13)12-4-8-18(14,15)10-12/h11-13H,2-10H2,1H3. The Hall–Kier alpha value is -0.170. The Morgan fingerprint density at radius 3 is 2.67 bits per heavy atom. The molecule has 0 aliphatic carbocycles. The van der Waals surface area contributed by atoms with Gasteiger partial charge in [0.05, 0.1) is 11.5 Å². The third kappa shape index (κ3) is 5.65. The molecule has 1 heterocycles. The molecular weight excluding hydrogens is 256 g/mol. The molecule has 0 amide bonds. The number of aliphatic hydroxyl groups is 1. The Morgan fingerprint density at radius 1 is 1.33 bits per heavy atom. The third-order valence-corrected chi connectivity index (χ3v) is 5.23. The molecule has 0 aromatic heterocycles. The molecule has 0 aromatic carbocycles. The van der Waals surface area contributed by atoms with Gasteiger partial charge in [0.2, 0.25) is 0 Å². The van der Waals surface area contributed by atoms with Crippen molar-refractivity contribution in [2.45, 2.75) is 19.3 Å². The molecule has 0 saturated carbocycles. The van der Waals surface area contributed by atoms with Crippen LogP contribution in [0.5, 0.6) is 0 Å². The van der Waals surface area contributed by atoms with Crippen molar-refractivity contribution in [1.82, 2.24) is 0 Å². The van der Waals surface area contributed by atoms with E-state index in [0.717, 1.165) is 12.8 Å². The van der Waals surface area contributed by atoms with Gasteiger partial charge < -0.3 is 14.6 Å². The normalized spacial score (nSPS) is 24.2. The van der Waals surface area contributed by atoms with Crippen LogP contribution in [0.15, 0.2) is 0 Å². The van der Waals surface area contributed by atoms with Crippen LogP contribution in [0.4, 0.5) is 0 Å². The first-order valence-electron chi connectivity index (χ1n) is 6.47. The van der Waals surface area contributed by atoms with Gasteiger partial charge in [0.1, 0.15) is 0 Å². The summed E-state index contributed by atoms with van der Waals surface area (Å²) >= 11 is 0. The Balaban J connectivity index is 2.18. The second-order valence-corrected chi connectivity index (χ2v) is 7.08. The van der Waals surface area contributed by atoms with Gasteiger partial charge >= 0.3 is 0 Å². The van der Waals surface area contributed by atoms with E-state index in [2.05, 4.69) is 0 Å². The lowest BCUT2D eigenvalue weighted by atomic mass is 9.90. The van der Waals surface area contributed by atoms with Gasteiger partial charge in [-0.25, -0.2) is 8.42 Å². The zero-order valence-corrected chi connectivity index (χ0v) is 11.8. The molecule has 1 aliphatic rings. The summed E-state index contributed by atoms with van der Waals surface area (Å²) < 4.78 is 33.1. The minimum atomic E-state index is -2.86. The Labute approximate surface area is 109 Å². The van der Waals surface area contributed by atoms with Crippen LogP contribution in [0.3, 0.4) is 0 Å². The summed E-state index contributed by atoms with van der Waals surface area (Å²) in [4.78, 5) is 0. The molecule has 1 N–H and O–H groups in total. The van der Waals surface area contributed by atoms with Crippen LogP contribution in [0.2, 0.25) is 0 Å². The van der Waals surface area contributed by atoms with E-state index in [0.29, 0.717) is 26.2 Å². The van der Waals surface area contributed by atoms with E-state index in [-0.39, 0.29) is 29.9 Å². The van der Waals surface area contributed by atoms with Crippen LogP contribution < -0.4 is 0 Å². The summed E-state index contributed by atoms with van der Waals surface area (Å²) in [5, 5.41) is 9.33. The molecule has 0 radical (unpaired) electrons. The molecule has 1 rings (SSSR count). The largest absolute Gasteiger partial charge is 0.396 e. The van der Waals surface area contributed by atoms with E-state index >= 15 is 0 Å². The van der Waals surface area contributed by atoms with Crippen LogP contribution in [0.1, 0.15) is 19.3 Å². The average Bonchev–Trinajstić information content (AvgIpc) is 2.69. The molecule has 1 saturated heterocycles. The van der Waals surface area contributed by atoms with E-state index in [1.165, 1.54) is 0 Å². The highest BCUT2D eigenvalue weighted by atomic mass is 32.2. The van der Waals surface area contributed by atoms with Crippen molar-refractivity contribution in [3.05, 3.63) is 0 Å². The minimum Gasteiger partial charge on any atom is -0.396 e. The quantitative estimate of drug-likeness (QED) is 0.622. The van der Waals surface area contributed by atoms with Crippen molar-refractivity contribution in [3.63, 3.8) is 0 Å². The second-order valence-electron chi connectivity index (χ2n) is 4.85. The van der Waals surface area contributed by atoms with E-state index < -0.39 is 9.84 Å². The SMILES string of the molecule is COCCCOCCC(CO)C1CCS(=O)(=O)C1. The molecule has 6 heteroatoms. The van der Waals surface area contributed by atoms with Gasteiger partial charge in [0.15, 0.2) is 9.84 Å². The molecular formula is C12H24O5S. The lowest BCUT2D eigenvalue weighted by molar-refractivity contribution is 0.0764. The van der Waals surface area contributed by atoms with Gasteiger partial charge in [0, 0.05) is 33.5 Å². The van der Waals surface area contributed by atoms with Gasteiger partial charge in [-0.2, -0.15) is 0 Å². The summed E-state index contributed by atoms with van der Waals surface area (Å²) in [5.41, 5.74) is 0. The first-order valence-corrected chi connectivity index (χ1v) is 8.29. The van der Waals surface area contributed by atoms with E-state index in [1.54, 1.807) is 7.11 Å². The van der Waals surface area contributed by atoms with E-state index in [1.807, 2.05) is 0 Å². The highest BCUT2D eigenvalue weighted by molar-refractivity contribution is 7.91. The number of hydrogen-bond acceptors (Lipinski definition) is 5. The monoisotopic (exact) mass is 280 g/mol. The van der Waals surface area contributed by atoms with Crippen LogP contribution in [-0.4, -0.2) is 58.6 Å². The molecule has 0 aromatic rings. The molecule has 2 atom stereocenters. The molecule has 0 spiro atoms. The van der Waals surface area contributed by atoms with Gasteiger partial charge in [-0.05, 0) is 31.1 Å². The molecule has 0 bridgehead atoms. The van der Waals surface area contributed by atoms with Crippen LogP contribution in [0, 0.1) is 11.8 Å². The first kappa shape index (κ1) is 15.9. The predicted molar refractivity (Wildman–Crippen MR) is 69.3 cm³/mol. The lowest BCUT2D eigenvalue weighted by Crippen LogP contribution is -2.21. The van der Waals surface area contributed by atoms with Gasteiger partial charge in [-0.1, -0.05) is 0 Å². The zero-order chi connectivity index (χ0) is 13.4. The van der Waals surface area contributed by atoms with E-state index in [9.17, 15) is 13.5 Å². The third-order valence-electron chi connectivity index (χ3n) is 3.44. The highest BCUT2D eigenvalue weighted by Crippen LogP contribution is 2.27. The van der Waals surface area contributed by atoms with Crippen molar-refractivity contribution >= 4 is 9.84 Å². The van der Waals surface area contributed by atoms with Crippen LogP contribution in [0.25, 0.3) is 0 Å². The van der Waals surface area contributed by atoms with Crippen molar-refractivity contribution < 1.29 is 23.0 Å². The van der Waals surface area contributed by atoms with Crippen LogP contribution >= 0.6 is 0 Å². The number of aliphatic hydroxyl groups excluding tert-OH is 1. The summed E-state index contributed by atoms with van der Waals surface area (Å²) in [6.45, 7) is 1.95. The molecule has 1 fully saturated rings. The van der Waals surface area contributed by atoms with Crippen LogP contribution in [-0.2, 0) is 19.3 Å². The van der Waals surface area contributed by atoms with Gasteiger partial charge in [-0.15, -0.1) is 0 Å². The smallest absolute Gasteiger partial charge is 0.150 e. The number of sulfone groups is 1. The van der Waals surface area contributed by atoms with Gasteiger partial charge in [-0.3, -0.25) is 0 Å². The lowest BCUT2D eigenvalue weighted by Gasteiger charge is -2.19. The fourth-order valence-corrected chi connectivity index (χ4v) is 4.23. The highest BCUT2D eigenvalue weighted by Gasteiger charge is 2.33. The second kappa shape index (κ2) is 8.09. The topological polar surface area (TPSA) is 72.8 Å². The number of rotatable bonds is 9. The van der Waals surface area contributed by atoms with Crippen molar-refractivity contribution in [3.8, 4) is 0 Å². The molecule has 2 unspecified atom stereocenters. The fourth-order valence-electron chi connectivity index (χ4n) is 2.31. The fraction of sp³-hybridized carbons (Fsp3) is 1.00. The first-order chi connectivity index (χ1) is 8.59. The zero-order valence-electron chi connectivity index (χ0n) is 11.0. The summed E-state index contributed by atoms with van der Waals surface area (Å²) in [6.07, 6.45) is 2.26. The summed E-state index contributed by atoms with van der Waals surface area (Å²) in [6, 6.07) is 0. The number of hydrogen-bond donors (Lipinski definition) is 1. The predicted octanol–water partition coefficient (Wildman–Crippen LogP) is 0.473. The molecule has 1 aliphatic heterocycles. The Bertz CT molecular complexity index is 314. The Morgan fingerprint density at radius 2 is 2.11 bits per heavy atom. The summed E-state index contributed by atoms with van der Waals surface area (Å²) in [7, 11) is -1.21. The number of ether oxygens (including phenoxy) is 2. The summed E-state index contributed by atoms with van der Waals surface area (Å²) in [5.74, 6) is 0.636. The maximum atomic E-state index is 11.4.